The van der Waals surface area contributed by atoms with Gasteiger partial charge in [-0.2, -0.15) is 0 Å². The fourth-order valence-electron chi connectivity index (χ4n) is 3.20. The van der Waals surface area contributed by atoms with E-state index in [1.165, 1.54) is 0 Å². The molecule has 0 N–H and O–H groups in total. The summed E-state index contributed by atoms with van der Waals surface area (Å²) in [6.07, 6.45) is 3.23. The topological polar surface area (TPSA) is 52.8 Å². The van der Waals surface area contributed by atoms with Gasteiger partial charge >= 0.3 is 0 Å². The van der Waals surface area contributed by atoms with Gasteiger partial charge in [0, 0.05) is 44.8 Å². The molecule has 0 atom stereocenters. The average Bonchev–Trinajstić information content (AvgIpc) is 3.31. The van der Waals surface area contributed by atoms with Crippen molar-refractivity contribution < 1.29 is 9.32 Å². The van der Waals surface area contributed by atoms with Crippen molar-refractivity contribution >= 4 is 5.91 Å². The molecule has 1 aliphatic carbocycles. The number of carbonyl (C=O) groups excluding carboxylic acids is 1. The molecular weight excluding hydrogens is 292 g/mol. The highest BCUT2D eigenvalue weighted by Crippen LogP contribution is 2.28. The maximum atomic E-state index is 12.6. The van der Waals surface area contributed by atoms with Crippen molar-refractivity contribution in [3.8, 4) is 0 Å². The largest absolute Gasteiger partial charge is 0.359 e. The van der Waals surface area contributed by atoms with Crippen LogP contribution in [-0.4, -0.2) is 71.1 Å². The van der Waals surface area contributed by atoms with Crippen LogP contribution in [0.2, 0.25) is 0 Å². The first-order valence-corrected chi connectivity index (χ1v) is 8.92. The minimum absolute atomic E-state index is 0.0279. The smallest absolute Gasteiger partial charge is 0.276 e. The van der Waals surface area contributed by atoms with E-state index in [-0.39, 0.29) is 5.91 Å². The maximum Gasteiger partial charge on any atom is 0.276 e. The van der Waals surface area contributed by atoms with Gasteiger partial charge in [0.25, 0.3) is 5.91 Å². The van der Waals surface area contributed by atoms with Crippen LogP contribution in [0.4, 0.5) is 0 Å². The fraction of sp³-hybridized carbons (Fsp3) is 0.765. The molecule has 3 rings (SSSR count). The number of nitrogens with zero attached hydrogens (tertiary/aromatic N) is 4. The molecule has 0 aromatic carbocycles. The van der Waals surface area contributed by atoms with Gasteiger partial charge in [-0.15, -0.1) is 0 Å². The van der Waals surface area contributed by atoms with Gasteiger partial charge in [0.05, 0.1) is 6.54 Å². The number of rotatable bonds is 7. The Morgan fingerprint density at radius 3 is 2.57 bits per heavy atom. The normalized spacial score (nSPS) is 19.9. The molecule has 1 saturated carbocycles. The lowest BCUT2D eigenvalue weighted by Crippen LogP contribution is -2.45. The molecule has 0 bridgehead atoms. The summed E-state index contributed by atoms with van der Waals surface area (Å²) in [6, 6.07) is 2.25. The number of hydrogen-bond acceptors (Lipinski definition) is 5. The molecule has 2 aliphatic rings. The van der Waals surface area contributed by atoms with E-state index in [0.717, 1.165) is 70.8 Å². The first-order valence-electron chi connectivity index (χ1n) is 8.92. The molecule has 1 aliphatic heterocycles. The van der Waals surface area contributed by atoms with Gasteiger partial charge < -0.3 is 14.3 Å². The molecule has 1 saturated heterocycles. The third-order valence-electron chi connectivity index (χ3n) is 4.78. The van der Waals surface area contributed by atoms with Crippen LogP contribution in [0.15, 0.2) is 10.6 Å². The Kier molecular flexibility index (Phi) is 5.33. The Morgan fingerprint density at radius 1 is 1.26 bits per heavy atom. The van der Waals surface area contributed by atoms with Gasteiger partial charge in [-0.3, -0.25) is 9.69 Å². The minimum atomic E-state index is 0.0279. The highest BCUT2D eigenvalue weighted by molar-refractivity contribution is 5.92. The second-order valence-corrected chi connectivity index (χ2v) is 6.62. The Bertz CT molecular complexity index is 518. The van der Waals surface area contributed by atoms with E-state index in [2.05, 4.69) is 28.8 Å². The van der Waals surface area contributed by atoms with Gasteiger partial charge in [-0.05, 0) is 25.8 Å². The van der Waals surface area contributed by atoms with E-state index in [1.54, 1.807) is 0 Å². The van der Waals surface area contributed by atoms with Gasteiger partial charge in [-0.25, -0.2) is 0 Å². The lowest BCUT2D eigenvalue weighted by molar-refractivity contribution is 0.0732. The number of amides is 1. The van der Waals surface area contributed by atoms with Crippen LogP contribution in [0, 0.1) is 0 Å². The van der Waals surface area contributed by atoms with Crippen LogP contribution in [0.3, 0.4) is 0 Å². The molecular formula is C17H28N4O2. The van der Waals surface area contributed by atoms with E-state index in [0.29, 0.717) is 11.7 Å². The number of piperazine rings is 1. The second kappa shape index (κ2) is 7.45. The summed E-state index contributed by atoms with van der Waals surface area (Å²) >= 11 is 0. The number of hydrogen-bond donors (Lipinski definition) is 0. The quantitative estimate of drug-likeness (QED) is 0.767. The van der Waals surface area contributed by atoms with Crippen LogP contribution in [0.1, 0.15) is 49.4 Å². The predicted octanol–water partition coefficient (Wildman–Crippen LogP) is 1.83. The molecule has 128 valence electrons. The highest BCUT2D eigenvalue weighted by atomic mass is 16.5. The summed E-state index contributed by atoms with van der Waals surface area (Å²) in [6.45, 7) is 11.3. The molecule has 1 aromatic rings. The van der Waals surface area contributed by atoms with E-state index < -0.39 is 0 Å². The minimum Gasteiger partial charge on any atom is -0.359 e. The molecule has 2 fully saturated rings. The molecule has 2 heterocycles. The van der Waals surface area contributed by atoms with Gasteiger partial charge in [0.2, 0.25) is 0 Å². The van der Waals surface area contributed by atoms with E-state index in [4.69, 9.17) is 4.52 Å². The number of aromatic nitrogens is 1. The van der Waals surface area contributed by atoms with Crippen LogP contribution in [0.5, 0.6) is 0 Å². The zero-order chi connectivity index (χ0) is 16.2. The molecule has 0 unspecified atom stereocenters. The fourth-order valence-corrected chi connectivity index (χ4v) is 3.20. The van der Waals surface area contributed by atoms with Crippen molar-refractivity contribution in [3.63, 3.8) is 0 Å². The molecule has 1 aromatic heterocycles. The molecule has 6 heteroatoms. The monoisotopic (exact) mass is 320 g/mol. The van der Waals surface area contributed by atoms with Gasteiger partial charge in [-0.1, -0.05) is 19.0 Å². The van der Waals surface area contributed by atoms with Crippen molar-refractivity contribution in [2.24, 2.45) is 0 Å². The van der Waals surface area contributed by atoms with E-state index >= 15 is 0 Å². The lowest BCUT2D eigenvalue weighted by Gasteiger charge is -2.33. The Labute approximate surface area is 138 Å². The summed E-state index contributed by atoms with van der Waals surface area (Å²) < 4.78 is 5.42. The maximum absolute atomic E-state index is 12.6. The van der Waals surface area contributed by atoms with Crippen molar-refractivity contribution in [1.82, 2.24) is 19.9 Å². The lowest BCUT2D eigenvalue weighted by atomic mass is 10.2. The number of likely N-dealkylation sites (N-methyl/N-ethyl adjacent to an activating group) is 1. The van der Waals surface area contributed by atoms with Crippen molar-refractivity contribution in [1.29, 1.82) is 0 Å². The third kappa shape index (κ3) is 4.12. The van der Waals surface area contributed by atoms with Crippen LogP contribution >= 0.6 is 0 Å². The van der Waals surface area contributed by atoms with Crippen LogP contribution in [0.25, 0.3) is 0 Å². The third-order valence-corrected chi connectivity index (χ3v) is 4.78. The summed E-state index contributed by atoms with van der Waals surface area (Å²) in [5.41, 5.74) is 0.465. The first-order chi connectivity index (χ1) is 11.2. The summed E-state index contributed by atoms with van der Waals surface area (Å²) in [7, 11) is 0. The second-order valence-electron chi connectivity index (χ2n) is 6.62. The number of carbonyl (C=O) groups is 1. The molecule has 23 heavy (non-hydrogen) atoms. The Hall–Kier alpha value is -1.40. The standard InChI is InChI=1S/C17H28N4O2/c1-3-7-21(14-5-6-14)17(22)16-12-15(23-18-16)13-20-10-8-19(4-2)9-11-20/h12,14H,3-11,13H2,1-2H3. The average molecular weight is 320 g/mol. The molecule has 1 amide bonds. The summed E-state index contributed by atoms with van der Waals surface area (Å²) in [4.78, 5) is 19.4. The van der Waals surface area contributed by atoms with Crippen LogP contribution < -0.4 is 0 Å². The van der Waals surface area contributed by atoms with Crippen molar-refractivity contribution in [2.45, 2.75) is 45.7 Å². The Morgan fingerprint density at radius 2 is 1.96 bits per heavy atom. The van der Waals surface area contributed by atoms with E-state index in [9.17, 15) is 4.79 Å². The predicted molar refractivity (Wildman–Crippen MR) is 88.2 cm³/mol. The summed E-state index contributed by atoms with van der Waals surface area (Å²) in [5.74, 6) is 0.825. The Balaban J connectivity index is 1.56. The highest BCUT2D eigenvalue weighted by Gasteiger charge is 2.33. The van der Waals surface area contributed by atoms with Crippen molar-refractivity contribution in [3.05, 3.63) is 17.5 Å². The molecule has 0 spiro atoms. The molecule has 6 nitrogen and oxygen atoms in total. The summed E-state index contributed by atoms with van der Waals surface area (Å²) in [5, 5.41) is 4.02. The van der Waals surface area contributed by atoms with Gasteiger partial charge in [0.15, 0.2) is 11.5 Å². The van der Waals surface area contributed by atoms with Gasteiger partial charge in [0.1, 0.15) is 0 Å². The van der Waals surface area contributed by atoms with E-state index in [1.807, 2.05) is 11.0 Å². The first kappa shape index (κ1) is 16.5. The SMILES string of the molecule is CCCN(C(=O)c1cc(CN2CCN(CC)CC2)on1)C1CC1. The van der Waals surface area contributed by atoms with Crippen molar-refractivity contribution in [2.75, 3.05) is 39.3 Å². The van der Waals surface area contributed by atoms with Crippen LogP contribution in [-0.2, 0) is 6.54 Å². The zero-order valence-electron chi connectivity index (χ0n) is 14.3. The zero-order valence-corrected chi connectivity index (χ0v) is 14.3. The molecule has 0 radical (unpaired) electrons.